The zero-order chi connectivity index (χ0) is 27.7. The van der Waals surface area contributed by atoms with E-state index in [0.29, 0.717) is 38.0 Å². The number of rotatable bonds is 6. The third-order valence-electron chi connectivity index (χ3n) is 7.27. The van der Waals surface area contributed by atoms with Crippen LogP contribution in [0.5, 0.6) is 0 Å². The zero-order valence-electron chi connectivity index (χ0n) is 21.2. The summed E-state index contributed by atoms with van der Waals surface area (Å²) >= 11 is 5.82. The Balaban J connectivity index is 1.30. The number of imidazole rings is 1. The second-order valence-corrected chi connectivity index (χ2v) is 10.3. The maximum atomic E-state index is 13.5. The van der Waals surface area contributed by atoms with E-state index in [1.165, 1.54) is 0 Å². The number of alkyl halides is 3. The van der Waals surface area contributed by atoms with E-state index < -0.39 is 23.3 Å². The smallest absolute Gasteiger partial charge is 0.349 e. The van der Waals surface area contributed by atoms with Crippen molar-refractivity contribution in [1.82, 2.24) is 24.4 Å². The van der Waals surface area contributed by atoms with Crippen molar-refractivity contribution in [3.8, 4) is 5.82 Å². The van der Waals surface area contributed by atoms with Crippen molar-refractivity contribution in [2.45, 2.75) is 57.8 Å². The Morgan fingerprint density at radius 2 is 1.77 bits per heavy atom. The molecule has 1 aliphatic carbocycles. The second-order valence-electron chi connectivity index (χ2n) is 9.83. The molecule has 0 aliphatic heterocycles. The summed E-state index contributed by atoms with van der Waals surface area (Å²) in [6.07, 6.45) is 1.32. The Morgan fingerprint density at radius 3 is 2.41 bits per heavy atom. The Morgan fingerprint density at radius 1 is 1.05 bits per heavy atom. The fourth-order valence-corrected chi connectivity index (χ4v) is 5.37. The molecule has 1 amide bonds. The standard InChI is InChI=1S/C28H27ClF3N5O2/c1-2-17-9-12-24(33-14-17)37-23-6-4-3-5-22(23)36(27(37)39)16-18-7-10-20(11-8-18)35-26(38)21-13-19(29)15-34-25(21)28(30,31)32/h3-6,9,12-15,18,20H,2,7-8,10-11,16H2,1H3,(H,35,38). The highest BCUT2D eigenvalue weighted by molar-refractivity contribution is 6.30. The molecule has 0 atom stereocenters. The lowest BCUT2D eigenvalue weighted by Crippen LogP contribution is -2.39. The maximum Gasteiger partial charge on any atom is 0.434 e. The van der Waals surface area contributed by atoms with E-state index in [9.17, 15) is 22.8 Å². The molecule has 3 aromatic heterocycles. The molecular weight excluding hydrogens is 531 g/mol. The summed E-state index contributed by atoms with van der Waals surface area (Å²) in [6, 6.07) is 12.1. The third kappa shape index (κ3) is 5.56. The minimum absolute atomic E-state index is 0.0435. The predicted octanol–water partition coefficient (Wildman–Crippen LogP) is 5.81. The normalized spacial score (nSPS) is 17.9. The zero-order valence-corrected chi connectivity index (χ0v) is 22.0. The van der Waals surface area contributed by atoms with Crippen molar-refractivity contribution >= 4 is 28.5 Å². The molecule has 4 aromatic rings. The van der Waals surface area contributed by atoms with Crippen LogP contribution in [0.25, 0.3) is 16.9 Å². The molecule has 3 heterocycles. The monoisotopic (exact) mass is 557 g/mol. The van der Waals surface area contributed by atoms with E-state index in [0.717, 1.165) is 35.3 Å². The number of nitrogens with one attached hydrogen (secondary N) is 1. The lowest BCUT2D eigenvalue weighted by atomic mass is 9.85. The number of hydrogen-bond acceptors (Lipinski definition) is 4. The minimum atomic E-state index is -4.77. The van der Waals surface area contributed by atoms with Gasteiger partial charge >= 0.3 is 11.9 Å². The number of amides is 1. The van der Waals surface area contributed by atoms with Gasteiger partial charge in [0.1, 0.15) is 5.82 Å². The minimum Gasteiger partial charge on any atom is -0.349 e. The first kappa shape index (κ1) is 26.9. The molecule has 11 heteroatoms. The number of carbonyl (C=O) groups excluding carboxylic acids is 1. The van der Waals surface area contributed by atoms with Gasteiger partial charge in [-0.3, -0.25) is 9.36 Å². The van der Waals surface area contributed by atoms with Crippen LogP contribution in [-0.4, -0.2) is 31.1 Å². The van der Waals surface area contributed by atoms with E-state index in [-0.39, 0.29) is 22.7 Å². The molecule has 0 bridgehead atoms. The highest BCUT2D eigenvalue weighted by Gasteiger charge is 2.38. The number of aromatic nitrogens is 4. The summed E-state index contributed by atoms with van der Waals surface area (Å²) in [7, 11) is 0. The maximum absolute atomic E-state index is 13.5. The van der Waals surface area contributed by atoms with Crippen molar-refractivity contribution in [3.05, 3.63) is 87.2 Å². The van der Waals surface area contributed by atoms with Gasteiger partial charge < -0.3 is 5.32 Å². The van der Waals surface area contributed by atoms with E-state index in [1.807, 2.05) is 43.3 Å². The highest BCUT2D eigenvalue weighted by Crippen LogP contribution is 2.32. The summed E-state index contributed by atoms with van der Waals surface area (Å²) in [5.74, 6) is -0.113. The Bertz CT molecular complexity index is 1550. The van der Waals surface area contributed by atoms with E-state index >= 15 is 0 Å². The van der Waals surface area contributed by atoms with Gasteiger partial charge in [0.15, 0.2) is 5.69 Å². The van der Waals surface area contributed by atoms with Crippen LogP contribution in [0.1, 0.15) is 54.2 Å². The van der Waals surface area contributed by atoms with Crippen molar-refractivity contribution in [2.75, 3.05) is 0 Å². The number of pyridine rings is 2. The number of nitrogens with zero attached hydrogens (tertiary/aromatic N) is 4. The summed E-state index contributed by atoms with van der Waals surface area (Å²) in [5.41, 5.74) is 0.658. The van der Waals surface area contributed by atoms with Gasteiger partial charge in [0.25, 0.3) is 5.91 Å². The molecule has 204 valence electrons. The number of hydrogen-bond donors (Lipinski definition) is 1. The van der Waals surface area contributed by atoms with Crippen LogP contribution >= 0.6 is 11.6 Å². The quantitative estimate of drug-likeness (QED) is 0.324. The van der Waals surface area contributed by atoms with Gasteiger partial charge in [-0.05, 0) is 67.9 Å². The van der Waals surface area contributed by atoms with Crippen molar-refractivity contribution in [1.29, 1.82) is 0 Å². The van der Waals surface area contributed by atoms with Crippen molar-refractivity contribution in [3.63, 3.8) is 0 Å². The fraction of sp³-hybridized carbons (Fsp3) is 0.357. The molecule has 0 radical (unpaired) electrons. The number of benzene rings is 1. The second kappa shape index (κ2) is 10.8. The lowest BCUT2D eigenvalue weighted by Gasteiger charge is -2.29. The van der Waals surface area contributed by atoms with Crippen molar-refractivity contribution in [2.24, 2.45) is 5.92 Å². The number of fused-ring (bicyclic) bond motifs is 1. The molecule has 1 aromatic carbocycles. The lowest BCUT2D eigenvalue weighted by molar-refractivity contribution is -0.141. The van der Waals surface area contributed by atoms with Gasteiger partial charge in [0.2, 0.25) is 0 Å². The fourth-order valence-electron chi connectivity index (χ4n) is 5.21. The van der Waals surface area contributed by atoms with E-state index in [1.54, 1.807) is 15.3 Å². The van der Waals surface area contributed by atoms with Crippen LogP contribution in [-0.2, 0) is 19.1 Å². The number of carbonyl (C=O) groups is 1. The summed E-state index contributed by atoms with van der Waals surface area (Å²) < 4.78 is 43.4. The molecular formula is C28H27ClF3N5O2. The van der Waals surface area contributed by atoms with Gasteiger partial charge in [0.05, 0.1) is 21.6 Å². The van der Waals surface area contributed by atoms with Crippen LogP contribution < -0.4 is 11.0 Å². The molecule has 5 rings (SSSR count). The predicted molar refractivity (Wildman–Crippen MR) is 142 cm³/mol. The largest absolute Gasteiger partial charge is 0.434 e. The molecule has 1 N–H and O–H groups in total. The van der Waals surface area contributed by atoms with E-state index in [4.69, 9.17) is 11.6 Å². The van der Waals surface area contributed by atoms with Crippen LogP contribution in [0.3, 0.4) is 0 Å². The van der Waals surface area contributed by atoms with Crippen LogP contribution in [0.2, 0.25) is 5.02 Å². The third-order valence-corrected chi connectivity index (χ3v) is 7.48. The van der Waals surface area contributed by atoms with Gasteiger partial charge in [0, 0.05) is 25.0 Å². The average molecular weight is 558 g/mol. The first-order chi connectivity index (χ1) is 18.7. The molecule has 1 aliphatic rings. The van der Waals surface area contributed by atoms with Crippen LogP contribution in [0.15, 0.2) is 59.7 Å². The molecule has 1 fully saturated rings. The topological polar surface area (TPSA) is 81.8 Å². The first-order valence-corrected chi connectivity index (χ1v) is 13.2. The SMILES string of the molecule is CCc1ccc(-n2c(=O)n(CC3CCC(NC(=O)c4cc(Cl)cnc4C(F)(F)F)CC3)c3ccccc32)nc1. The number of aryl methyl sites for hydroxylation is 1. The van der Waals surface area contributed by atoms with E-state index in [2.05, 4.69) is 15.3 Å². The molecule has 0 unspecified atom stereocenters. The number of halogens is 4. The average Bonchev–Trinajstić information content (AvgIpc) is 3.20. The van der Waals surface area contributed by atoms with Crippen molar-refractivity contribution < 1.29 is 18.0 Å². The summed E-state index contributed by atoms with van der Waals surface area (Å²) in [6.45, 7) is 2.54. The Kier molecular flexibility index (Phi) is 7.48. The molecule has 7 nitrogen and oxygen atoms in total. The number of para-hydroxylation sites is 2. The molecule has 39 heavy (non-hydrogen) atoms. The molecule has 0 spiro atoms. The van der Waals surface area contributed by atoms with Gasteiger partial charge in [-0.15, -0.1) is 0 Å². The first-order valence-electron chi connectivity index (χ1n) is 12.8. The molecule has 1 saturated carbocycles. The van der Waals surface area contributed by atoms with Gasteiger partial charge in [-0.1, -0.05) is 36.7 Å². The van der Waals surface area contributed by atoms with Gasteiger partial charge in [-0.2, -0.15) is 13.2 Å². The van der Waals surface area contributed by atoms with Gasteiger partial charge in [-0.25, -0.2) is 19.3 Å². The summed E-state index contributed by atoms with van der Waals surface area (Å²) in [5, 5.41) is 2.67. The Labute approximate surface area is 227 Å². The molecule has 0 saturated heterocycles. The highest BCUT2D eigenvalue weighted by atomic mass is 35.5. The van der Waals surface area contributed by atoms with Crippen LogP contribution in [0, 0.1) is 5.92 Å². The Hall–Kier alpha value is -3.66. The van der Waals surface area contributed by atoms with Crippen LogP contribution in [0.4, 0.5) is 13.2 Å². The summed E-state index contributed by atoms with van der Waals surface area (Å²) in [4.78, 5) is 34.1.